The first-order chi connectivity index (χ1) is 13.0. The number of benzene rings is 1. The quantitative estimate of drug-likeness (QED) is 0.816. The van der Waals surface area contributed by atoms with Crippen molar-refractivity contribution in [2.24, 2.45) is 0 Å². The van der Waals surface area contributed by atoms with Crippen molar-refractivity contribution < 1.29 is 14.3 Å². The Labute approximate surface area is 161 Å². The number of nitrogens with one attached hydrogen (secondary N) is 1. The van der Waals surface area contributed by atoms with Crippen LogP contribution in [0, 0.1) is 4.77 Å². The lowest BCUT2D eigenvalue weighted by Gasteiger charge is -2.37. The van der Waals surface area contributed by atoms with Crippen molar-refractivity contribution in [1.29, 1.82) is 0 Å². The van der Waals surface area contributed by atoms with E-state index in [1.807, 2.05) is 11.8 Å². The third kappa shape index (κ3) is 3.33. The Kier molecular flexibility index (Phi) is 4.88. The van der Waals surface area contributed by atoms with Crippen molar-refractivity contribution in [2.45, 2.75) is 38.5 Å². The Morgan fingerprint density at radius 1 is 1.26 bits per heavy atom. The van der Waals surface area contributed by atoms with Gasteiger partial charge in [-0.25, -0.2) is 0 Å². The van der Waals surface area contributed by atoms with Gasteiger partial charge in [0.2, 0.25) is 0 Å². The molecule has 2 fully saturated rings. The highest BCUT2D eigenvalue weighted by Crippen LogP contribution is 2.31. The summed E-state index contributed by atoms with van der Waals surface area (Å²) >= 11 is 5.31. The van der Waals surface area contributed by atoms with Gasteiger partial charge in [0.25, 0.3) is 11.5 Å². The van der Waals surface area contributed by atoms with Crippen LogP contribution in [0.3, 0.4) is 0 Å². The van der Waals surface area contributed by atoms with Crippen LogP contribution in [0.2, 0.25) is 0 Å². The summed E-state index contributed by atoms with van der Waals surface area (Å²) in [6.45, 7) is 4.98. The minimum atomic E-state index is -0.504. The van der Waals surface area contributed by atoms with Gasteiger partial charge in [-0.3, -0.25) is 14.2 Å². The number of nitrogens with zero attached hydrogens (tertiary/aromatic N) is 2. The van der Waals surface area contributed by atoms with Crippen LogP contribution in [-0.2, 0) is 16.0 Å². The monoisotopic (exact) mass is 389 g/mol. The van der Waals surface area contributed by atoms with Gasteiger partial charge in [0.05, 0.1) is 24.1 Å². The van der Waals surface area contributed by atoms with E-state index in [2.05, 4.69) is 4.98 Å². The summed E-state index contributed by atoms with van der Waals surface area (Å²) in [5, 5.41) is 0.541. The van der Waals surface area contributed by atoms with Crippen LogP contribution in [0.4, 0.5) is 0 Å². The van der Waals surface area contributed by atoms with Crippen molar-refractivity contribution in [3.63, 3.8) is 0 Å². The molecule has 0 unspecified atom stereocenters. The Morgan fingerprint density at radius 3 is 2.63 bits per heavy atom. The average Bonchev–Trinajstić information content (AvgIpc) is 3.13. The molecule has 0 saturated carbocycles. The fourth-order valence-corrected chi connectivity index (χ4v) is 4.12. The molecule has 27 heavy (non-hydrogen) atoms. The molecule has 7 nitrogen and oxygen atoms in total. The van der Waals surface area contributed by atoms with Crippen LogP contribution in [0.5, 0.6) is 0 Å². The number of rotatable bonds is 3. The van der Waals surface area contributed by atoms with E-state index in [-0.39, 0.29) is 11.5 Å². The Balaban J connectivity index is 1.59. The summed E-state index contributed by atoms with van der Waals surface area (Å²) in [4.78, 5) is 30.4. The molecule has 1 spiro atoms. The lowest BCUT2D eigenvalue weighted by molar-refractivity contribution is -0.181. The summed E-state index contributed by atoms with van der Waals surface area (Å²) in [6.07, 6.45) is 2.18. The van der Waals surface area contributed by atoms with Gasteiger partial charge < -0.3 is 19.4 Å². The lowest BCUT2D eigenvalue weighted by Crippen LogP contribution is -2.47. The van der Waals surface area contributed by atoms with Crippen LogP contribution in [0.15, 0.2) is 23.0 Å². The number of fused-ring (bicyclic) bond motifs is 1. The van der Waals surface area contributed by atoms with Crippen LogP contribution in [0.1, 0.15) is 36.5 Å². The van der Waals surface area contributed by atoms with Gasteiger partial charge in [0.15, 0.2) is 10.6 Å². The molecule has 2 aromatic rings. The third-order valence-electron chi connectivity index (χ3n) is 5.30. The number of hydrogen-bond donors (Lipinski definition) is 1. The van der Waals surface area contributed by atoms with Gasteiger partial charge in [-0.1, -0.05) is 6.92 Å². The second-order valence-electron chi connectivity index (χ2n) is 7.05. The molecule has 0 aliphatic carbocycles. The first-order valence-corrected chi connectivity index (χ1v) is 9.78. The standard InChI is InChI=1S/C19H23N3O4S/c1-2-7-22-17(24)14-4-3-13(12-15(14)20-18(22)27)16(23)21-8-5-19(6-9-21)25-10-11-26-19/h3-4,12H,2,5-11H2,1H3,(H,20,27). The zero-order valence-electron chi connectivity index (χ0n) is 15.3. The van der Waals surface area contributed by atoms with Gasteiger partial charge >= 0.3 is 0 Å². The molecule has 8 heteroatoms. The minimum Gasteiger partial charge on any atom is -0.347 e. The molecule has 4 rings (SSSR count). The number of piperidine rings is 1. The second-order valence-corrected chi connectivity index (χ2v) is 7.43. The van der Waals surface area contributed by atoms with Gasteiger partial charge in [-0.2, -0.15) is 0 Å². The van der Waals surface area contributed by atoms with E-state index in [4.69, 9.17) is 21.7 Å². The van der Waals surface area contributed by atoms with E-state index in [1.165, 1.54) is 0 Å². The van der Waals surface area contributed by atoms with E-state index in [1.54, 1.807) is 22.8 Å². The first kappa shape index (κ1) is 18.3. The fraction of sp³-hybridized carbons (Fsp3) is 0.526. The van der Waals surface area contributed by atoms with E-state index in [9.17, 15) is 9.59 Å². The first-order valence-electron chi connectivity index (χ1n) is 9.37. The zero-order valence-corrected chi connectivity index (χ0v) is 16.1. The fourth-order valence-electron chi connectivity index (χ4n) is 3.83. The molecule has 1 aromatic carbocycles. The maximum absolute atomic E-state index is 12.9. The van der Waals surface area contributed by atoms with Gasteiger partial charge in [-0.15, -0.1) is 0 Å². The second kappa shape index (κ2) is 7.18. The van der Waals surface area contributed by atoms with Crippen LogP contribution in [-0.4, -0.2) is 52.4 Å². The normalized spacial score (nSPS) is 19.1. The van der Waals surface area contributed by atoms with E-state index < -0.39 is 5.79 Å². The molecular formula is C19H23N3O4S. The lowest BCUT2D eigenvalue weighted by atomic mass is 10.0. The number of amides is 1. The predicted octanol–water partition coefficient (Wildman–Crippen LogP) is 2.45. The number of likely N-dealkylation sites (tertiary alicyclic amines) is 1. The summed E-state index contributed by atoms with van der Waals surface area (Å²) in [5.41, 5.74) is 1.02. The van der Waals surface area contributed by atoms with Gasteiger partial charge in [0, 0.05) is 38.0 Å². The van der Waals surface area contributed by atoms with Gasteiger partial charge in [-0.05, 0) is 36.8 Å². The highest BCUT2D eigenvalue weighted by molar-refractivity contribution is 7.71. The topological polar surface area (TPSA) is 76.6 Å². The van der Waals surface area contributed by atoms with E-state index >= 15 is 0 Å². The molecule has 2 aliphatic rings. The van der Waals surface area contributed by atoms with Crippen molar-refractivity contribution in [1.82, 2.24) is 14.5 Å². The number of carbonyl (C=O) groups is 1. The number of carbonyl (C=O) groups excluding carboxylic acids is 1. The molecular weight excluding hydrogens is 366 g/mol. The third-order valence-corrected chi connectivity index (χ3v) is 5.62. The predicted molar refractivity (Wildman–Crippen MR) is 103 cm³/mol. The number of aromatic nitrogens is 2. The van der Waals surface area contributed by atoms with E-state index in [0.29, 0.717) is 66.9 Å². The summed E-state index contributed by atoms with van der Waals surface area (Å²) < 4.78 is 13.4. The van der Waals surface area contributed by atoms with Crippen LogP contribution in [0.25, 0.3) is 10.9 Å². The number of aromatic amines is 1. The molecule has 144 valence electrons. The van der Waals surface area contributed by atoms with Crippen molar-refractivity contribution in [3.8, 4) is 0 Å². The highest BCUT2D eigenvalue weighted by atomic mass is 32.1. The Bertz CT molecular complexity index is 981. The summed E-state index contributed by atoms with van der Waals surface area (Å²) in [7, 11) is 0. The molecule has 0 atom stereocenters. The molecule has 2 saturated heterocycles. The van der Waals surface area contributed by atoms with Crippen LogP contribution < -0.4 is 5.56 Å². The maximum atomic E-state index is 12.9. The molecule has 3 heterocycles. The Morgan fingerprint density at radius 2 is 1.96 bits per heavy atom. The molecule has 0 radical (unpaired) electrons. The number of ether oxygens (including phenoxy) is 2. The smallest absolute Gasteiger partial charge is 0.262 e. The number of hydrogen-bond acceptors (Lipinski definition) is 5. The summed E-state index contributed by atoms with van der Waals surface area (Å²) in [6, 6.07) is 5.14. The van der Waals surface area contributed by atoms with Crippen molar-refractivity contribution in [3.05, 3.63) is 38.9 Å². The van der Waals surface area contributed by atoms with E-state index in [0.717, 1.165) is 6.42 Å². The molecule has 1 amide bonds. The summed E-state index contributed by atoms with van der Waals surface area (Å²) in [5.74, 6) is -0.558. The zero-order chi connectivity index (χ0) is 19.0. The van der Waals surface area contributed by atoms with Crippen LogP contribution >= 0.6 is 12.2 Å². The van der Waals surface area contributed by atoms with Crippen molar-refractivity contribution in [2.75, 3.05) is 26.3 Å². The maximum Gasteiger partial charge on any atom is 0.262 e. The molecule has 2 aliphatic heterocycles. The largest absolute Gasteiger partial charge is 0.347 e. The minimum absolute atomic E-state index is 0.0539. The molecule has 1 N–H and O–H groups in total. The number of H-pyrrole nitrogens is 1. The highest BCUT2D eigenvalue weighted by Gasteiger charge is 2.40. The Hall–Kier alpha value is -2.03. The molecule has 0 bridgehead atoms. The van der Waals surface area contributed by atoms with Crippen molar-refractivity contribution >= 4 is 29.0 Å². The average molecular weight is 389 g/mol. The molecule has 1 aromatic heterocycles. The SMILES string of the molecule is CCCn1c(=S)[nH]c2cc(C(=O)N3CCC4(CC3)OCCO4)ccc2c1=O. The van der Waals surface area contributed by atoms with Gasteiger partial charge in [0.1, 0.15) is 0 Å².